The first-order valence-corrected chi connectivity index (χ1v) is 9.71. The van der Waals surface area contributed by atoms with E-state index < -0.39 is 0 Å². The van der Waals surface area contributed by atoms with Crippen LogP contribution in [0.5, 0.6) is 0 Å². The Morgan fingerprint density at radius 1 is 1.37 bits per heavy atom. The molecule has 152 valence electrons. The molecule has 0 aliphatic carbocycles. The molecule has 1 heterocycles. The van der Waals surface area contributed by atoms with Crippen molar-refractivity contribution in [3.05, 3.63) is 35.9 Å². The maximum absolute atomic E-state index is 11.4. The van der Waals surface area contributed by atoms with E-state index in [0.717, 1.165) is 57.9 Å². The molecular weight excluding hydrogens is 453 g/mol. The Hall–Kier alpha value is -1.35. The number of nitrogens with zero attached hydrogens (tertiary/aromatic N) is 2. The average Bonchev–Trinajstić information content (AvgIpc) is 2.66. The average molecular weight is 487 g/mol. The summed E-state index contributed by atoms with van der Waals surface area (Å²) < 4.78 is 0. The normalized spacial score (nSPS) is 19.0. The van der Waals surface area contributed by atoms with Crippen molar-refractivity contribution >= 4 is 35.8 Å². The van der Waals surface area contributed by atoms with Crippen LogP contribution in [0.25, 0.3) is 0 Å². The molecular formula is C20H34IN5O. The number of benzene rings is 1. The van der Waals surface area contributed by atoms with Gasteiger partial charge in [0.15, 0.2) is 5.96 Å². The van der Waals surface area contributed by atoms with Gasteiger partial charge in [0.05, 0.1) is 12.0 Å². The van der Waals surface area contributed by atoms with Gasteiger partial charge in [0, 0.05) is 19.6 Å². The van der Waals surface area contributed by atoms with Gasteiger partial charge in [-0.1, -0.05) is 30.3 Å². The Kier molecular flexibility index (Phi) is 11.3. The highest BCUT2D eigenvalue weighted by Crippen LogP contribution is 2.16. The summed E-state index contributed by atoms with van der Waals surface area (Å²) in [6, 6.07) is 10.6. The molecule has 27 heavy (non-hydrogen) atoms. The minimum atomic E-state index is -0.166. The molecule has 1 saturated heterocycles. The van der Waals surface area contributed by atoms with Gasteiger partial charge in [-0.2, -0.15) is 0 Å². The van der Waals surface area contributed by atoms with E-state index in [1.54, 1.807) is 0 Å². The predicted molar refractivity (Wildman–Crippen MR) is 122 cm³/mol. The first-order chi connectivity index (χ1) is 12.6. The quantitative estimate of drug-likeness (QED) is 0.228. The van der Waals surface area contributed by atoms with Crippen LogP contribution in [0.2, 0.25) is 0 Å². The third kappa shape index (κ3) is 8.47. The number of nitrogens with one attached hydrogen (secondary N) is 2. The van der Waals surface area contributed by atoms with E-state index in [1.165, 1.54) is 5.56 Å². The number of hydrogen-bond acceptors (Lipinski definition) is 3. The lowest BCUT2D eigenvalue weighted by Crippen LogP contribution is -2.41. The molecule has 1 aromatic carbocycles. The van der Waals surface area contributed by atoms with E-state index >= 15 is 0 Å². The van der Waals surface area contributed by atoms with Gasteiger partial charge in [-0.15, -0.1) is 24.0 Å². The van der Waals surface area contributed by atoms with Crippen molar-refractivity contribution in [1.82, 2.24) is 15.5 Å². The Morgan fingerprint density at radius 3 is 2.78 bits per heavy atom. The van der Waals surface area contributed by atoms with Crippen molar-refractivity contribution in [3.63, 3.8) is 0 Å². The fourth-order valence-corrected chi connectivity index (χ4v) is 3.33. The molecule has 2 rings (SSSR count). The van der Waals surface area contributed by atoms with Gasteiger partial charge in [-0.05, 0) is 51.8 Å². The lowest BCUT2D eigenvalue weighted by atomic mass is 9.97. The van der Waals surface area contributed by atoms with Crippen LogP contribution in [0.4, 0.5) is 0 Å². The highest BCUT2D eigenvalue weighted by Gasteiger charge is 2.23. The second-order valence-corrected chi connectivity index (χ2v) is 6.93. The number of rotatable bonds is 8. The lowest BCUT2D eigenvalue weighted by Gasteiger charge is -2.30. The van der Waals surface area contributed by atoms with Crippen LogP contribution >= 0.6 is 24.0 Å². The van der Waals surface area contributed by atoms with Gasteiger partial charge in [0.25, 0.3) is 0 Å². The molecule has 0 bridgehead atoms. The molecule has 1 amide bonds. The largest absolute Gasteiger partial charge is 0.369 e. The van der Waals surface area contributed by atoms with Crippen LogP contribution in [0.15, 0.2) is 35.3 Å². The summed E-state index contributed by atoms with van der Waals surface area (Å²) in [5, 5.41) is 6.77. The van der Waals surface area contributed by atoms with Crippen molar-refractivity contribution in [2.75, 3.05) is 32.7 Å². The van der Waals surface area contributed by atoms with Crippen LogP contribution < -0.4 is 16.4 Å². The molecule has 1 aromatic rings. The van der Waals surface area contributed by atoms with Crippen molar-refractivity contribution in [3.8, 4) is 0 Å². The lowest BCUT2D eigenvalue weighted by molar-refractivity contribution is -0.123. The van der Waals surface area contributed by atoms with Gasteiger partial charge >= 0.3 is 0 Å². The number of aliphatic imine (C=N–C) groups is 1. The summed E-state index contributed by atoms with van der Waals surface area (Å²) in [5.41, 5.74) is 6.69. The molecule has 1 aliphatic rings. The third-order valence-corrected chi connectivity index (χ3v) is 4.81. The number of guanidine groups is 1. The summed E-state index contributed by atoms with van der Waals surface area (Å²) in [6.07, 6.45) is 2.95. The van der Waals surface area contributed by atoms with Gasteiger partial charge in [-0.3, -0.25) is 9.79 Å². The second-order valence-electron chi connectivity index (χ2n) is 6.93. The number of primary amides is 1. The Labute approximate surface area is 180 Å². The Morgan fingerprint density at radius 2 is 2.11 bits per heavy atom. The molecule has 0 spiro atoms. The van der Waals surface area contributed by atoms with E-state index in [2.05, 4.69) is 53.6 Å². The minimum absolute atomic E-state index is 0. The molecule has 6 nitrogen and oxygen atoms in total. The van der Waals surface area contributed by atoms with Crippen LogP contribution in [-0.2, 0) is 4.79 Å². The smallest absolute Gasteiger partial charge is 0.221 e. The van der Waals surface area contributed by atoms with Crippen molar-refractivity contribution in [1.29, 1.82) is 0 Å². The van der Waals surface area contributed by atoms with E-state index in [1.807, 2.05) is 6.07 Å². The molecule has 0 radical (unpaired) electrons. The number of likely N-dealkylation sites (tertiary alicyclic amines) is 1. The van der Waals surface area contributed by atoms with Gasteiger partial charge in [-0.25, -0.2) is 0 Å². The number of hydrogen-bond donors (Lipinski definition) is 3. The molecule has 0 aromatic heterocycles. The fourth-order valence-electron chi connectivity index (χ4n) is 3.33. The van der Waals surface area contributed by atoms with Crippen molar-refractivity contribution in [2.45, 2.75) is 39.2 Å². The first kappa shape index (κ1) is 23.7. The Bertz CT molecular complexity index is 581. The molecule has 4 N–H and O–H groups in total. The van der Waals surface area contributed by atoms with Gasteiger partial charge in [0.1, 0.15) is 0 Å². The minimum Gasteiger partial charge on any atom is -0.369 e. The zero-order chi connectivity index (χ0) is 18.8. The predicted octanol–water partition coefficient (Wildman–Crippen LogP) is 2.51. The molecule has 1 fully saturated rings. The number of piperidine rings is 1. The number of amides is 1. The zero-order valence-electron chi connectivity index (χ0n) is 16.5. The van der Waals surface area contributed by atoms with E-state index in [-0.39, 0.29) is 41.8 Å². The summed E-state index contributed by atoms with van der Waals surface area (Å²) in [6.45, 7) is 8.61. The molecule has 2 atom stereocenters. The monoisotopic (exact) mass is 487 g/mol. The van der Waals surface area contributed by atoms with Crippen LogP contribution in [0.1, 0.15) is 44.7 Å². The second kappa shape index (κ2) is 12.9. The Balaban J connectivity index is 0.00000364. The van der Waals surface area contributed by atoms with E-state index in [4.69, 9.17) is 10.7 Å². The first-order valence-electron chi connectivity index (χ1n) is 9.71. The maximum Gasteiger partial charge on any atom is 0.221 e. The molecule has 2 unspecified atom stereocenters. The van der Waals surface area contributed by atoms with Crippen molar-refractivity contribution < 1.29 is 4.79 Å². The van der Waals surface area contributed by atoms with Crippen molar-refractivity contribution in [2.24, 2.45) is 16.6 Å². The van der Waals surface area contributed by atoms with Crippen LogP contribution in [-0.4, -0.2) is 49.5 Å². The van der Waals surface area contributed by atoms with Crippen LogP contribution in [0.3, 0.4) is 0 Å². The summed E-state index contributed by atoms with van der Waals surface area (Å²) in [5.74, 6) is 0.691. The van der Waals surface area contributed by atoms with E-state index in [0.29, 0.717) is 0 Å². The van der Waals surface area contributed by atoms with E-state index in [9.17, 15) is 4.79 Å². The number of carbonyl (C=O) groups excluding carboxylic acids is 1. The zero-order valence-corrected chi connectivity index (χ0v) is 18.8. The number of nitrogens with two attached hydrogens (primary N) is 1. The van der Waals surface area contributed by atoms with Gasteiger partial charge < -0.3 is 21.3 Å². The number of halogens is 1. The number of carbonyl (C=O) groups is 1. The summed E-state index contributed by atoms with van der Waals surface area (Å²) in [4.78, 5) is 18.4. The summed E-state index contributed by atoms with van der Waals surface area (Å²) in [7, 11) is 0. The van der Waals surface area contributed by atoms with Crippen LogP contribution in [0, 0.1) is 5.92 Å². The highest BCUT2D eigenvalue weighted by atomic mass is 127. The standard InChI is InChI=1S/C20H33N5O.HI/c1-3-22-20(24-16(2)17-9-5-4-6-10-17)23-12-8-14-25-13-7-11-18(15-25)19(21)26;/h4-6,9-10,16,18H,3,7-8,11-15H2,1-2H3,(H2,21,26)(H2,22,23,24);1H. The fraction of sp³-hybridized carbons (Fsp3) is 0.600. The molecule has 0 saturated carbocycles. The van der Waals surface area contributed by atoms with Gasteiger partial charge in [0.2, 0.25) is 5.91 Å². The summed E-state index contributed by atoms with van der Waals surface area (Å²) >= 11 is 0. The SMILES string of the molecule is CCNC(=NCCCN1CCCC(C(N)=O)C1)NC(C)c1ccccc1.I. The molecule has 7 heteroatoms. The maximum atomic E-state index is 11.4. The third-order valence-electron chi connectivity index (χ3n) is 4.81. The highest BCUT2D eigenvalue weighted by molar-refractivity contribution is 14.0. The topological polar surface area (TPSA) is 82.8 Å². The molecule has 1 aliphatic heterocycles.